The molecule has 2 aromatic heterocycles. The van der Waals surface area contributed by atoms with E-state index in [1.165, 1.54) is 33.7 Å². The van der Waals surface area contributed by atoms with Crippen LogP contribution in [-0.4, -0.2) is 15.8 Å². The summed E-state index contributed by atoms with van der Waals surface area (Å²) in [6.45, 7) is 47.2. The maximum absolute atomic E-state index is 11.9. The Kier molecular flexibility index (Phi) is 12.8. The van der Waals surface area contributed by atoms with E-state index in [0.29, 0.717) is 16.7 Å². The Labute approximate surface area is 791 Å². The average molecular weight is 1670 g/mol. The van der Waals surface area contributed by atoms with Gasteiger partial charge in [-0.2, -0.15) is 0 Å². The van der Waals surface area contributed by atoms with Crippen LogP contribution in [0.3, 0.4) is 0 Å². The maximum atomic E-state index is 11.9. The molecular weight excluding hydrogens is 1510 g/mol. The van der Waals surface area contributed by atoms with Gasteiger partial charge >= 0.3 is 0 Å². The van der Waals surface area contributed by atoms with Gasteiger partial charge in [0.2, 0.25) is 0 Å². The molecule has 0 spiro atoms. The summed E-state index contributed by atoms with van der Waals surface area (Å²) in [6, 6.07) is 2.61. The van der Waals surface area contributed by atoms with Crippen LogP contribution in [0, 0.1) is 0 Å². The minimum atomic E-state index is -1.53. The number of rotatable bonds is 9. The number of anilines is 6. The van der Waals surface area contributed by atoms with Crippen molar-refractivity contribution in [2.75, 3.05) is 9.80 Å². The zero-order valence-electron chi connectivity index (χ0n) is 109. The van der Waals surface area contributed by atoms with E-state index in [1.807, 2.05) is 42.5 Å². The molecule has 0 N–H and O–H groups in total. The Bertz CT molecular complexity index is 8700. The van der Waals surface area contributed by atoms with E-state index >= 15 is 0 Å². The van der Waals surface area contributed by atoms with Crippen molar-refractivity contribution in [1.29, 1.82) is 0 Å². The quantitative estimate of drug-likeness (QED) is 0.134. The second-order valence-corrected chi connectivity index (χ2v) is 43.0. The Morgan fingerprint density at radius 2 is 0.592 bits per heavy atom. The molecule has 0 amide bonds. The normalized spacial score (nSPS) is 17.3. The zero-order chi connectivity index (χ0) is 117. The van der Waals surface area contributed by atoms with Crippen LogP contribution in [0.1, 0.15) is 281 Å². The van der Waals surface area contributed by atoms with Crippen molar-refractivity contribution in [2.24, 2.45) is 0 Å². The highest BCUT2D eigenvalue weighted by Gasteiger charge is 2.47. The Hall–Kier alpha value is -11.7. The van der Waals surface area contributed by atoms with Crippen molar-refractivity contribution in [2.45, 2.75) is 236 Å². The highest BCUT2D eigenvalue weighted by atomic mass is 15.2. The molecule has 0 saturated heterocycles. The van der Waals surface area contributed by atoms with Gasteiger partial charge in [-0.05, 0) is 239 Å². The fraction of sp³-hybridized carbons (Fsp3) is 0.300. The molecule has 630 valence electrons. The van der Waals surface area contributed by atoms with E-state index in [4.69, 9.17) is 1.37 Å². The molecule has 4 heterocycles. The third-order valence-corrected chi connectivity index (χ3v) is 24.2. The minimum Gasteiger partial charge on any atom is -0.310 e. The first kappa shape index (κ1) is 54.3. The number of hydrogen-bond donors (Lipinski definition) is 0. The highest BCUT2D eigenvalue weighted by Crippen LogP contribution is 2.58. The summed E-state index contributed by atoms with van der Waals surface area (Å²) in [6.07, 6.45) is 0. The molecule has 2 aliphatic heterocycles. The number of aromatic nitrogens is 2. The van der Waals surface area contributed by atoms with Gasteiger partial charge in [-0.15, -0.1) is 0 Å². The monoisotopic (exact) mass is 1670 g/mol. The lowest BCUT2D eigenvalue weighted by Crippen LogP contribution is -2.61. The van der Waals surface area contributed by atoms with Gasteiger partial charge in [0.1, 0.15) is 0 Å². The van der Waals surface area contributed by atoms with Gasteiger partial charge in [-0.1, -0.05) is 374 Å². The standard InChI is InChI=1S/C120H127BN4/c1-112(2,3)79-48-41-75(42-49-79)92-66-85(118(19,20)21)67-93(76-43-50-80(51-44-76)113(4,5)6)110(92)124-105-63-78(74-35-29-28-30-36-74)47-59-99(105)121-100-60-57-87(122-103-61-55-82(115(10,11)12)64-95(103)96-65-83(116(13,14)15)56-62-104(96)122)71-106(100)125(108-73-88(72-107(124)109(108)121)123-101-39-33-31-37-90(101)91-38-32-34-40-102(91)123)111-94(77-45-52-81(53-46-77)114(7,8)9)68-86(119(22,23)24)69-97(111)89-58-54-84(117(16,17)18)70-98(89)120(25,26)27/h28-73H,1-27H3/i28D,29D,30D,31D,32D,33D,34D,35D,36D,37D,38D,39D,40D,41D,42D,43D,44D,45D,46D,48D,49D,50D,51D,52D,53D,54D,58D,66D,67D,68D,69D,70D. The average Bonchev–Trinajstić information content (AvgIpc) is 1.40. The van der Waals surface area contributed by atoms with Gasteiger partial charge in [0.05, 0.1) is 83.0 Å². The van der Waals surface area contributed by atoms with E-state index in [2.05, 4.69) is 58.2 Å². The molecule has 0 radical (unpaired) electrons. The zero-order valence-corrected chi connectivity index (χ0v) is 76.9. The first-order valence-electron chi connectivity index (χ1n) is 59.2. The summed E-state index contributed by atoms with van der Waals surface area (Å²) in [5.41, 5.74) is -14.6. The molecule has 2 aliphatic rings. The van der Waals surface area contributed by atoms with Crippen molar-refractivity contribution >= 4 is 101 Å². The molecule has 0 unspecified atom stereocenters. The van der Waals surface area contributed by atoms with Crippen LogP contribution in [0.2, 0.25) is 0 Å². The molecule has 0 aliphatic carbocycles. The van der Waals surface area contributed by atoms with Gasteiger partial charge in [-0.3, -0.25) is 0 Å². The maximum Gasteiger partial charge on any atom is 0.252 e. The van der Waals surface area contributed by atoms with Crippen LogP contribution in [0.4, 0.5) is 34.1 Å². The van der Waals surface area contributed by atoms with Crippen LogP contribution < -0.4 is 26.2 Å². The summed E-state index contributed by atoms with van der Waals surface area (Å²) in [4.78, 5) is 3.00. The van der Waals surface area contributed by atoms with Crippen LogP contribution in [-0.2, 0) is 48.7 Å². The second kappa shape index (κ2) is 29.5. The van der Waals surface area contributed by atoms with Crippen molar-refractivity contribution in [3.8, 4) is 67.0 Å². The third-order valence-electron chi connectivity index (χ3n) is 24.2. The Morgan fingerprint density at radius 3 is 1.01 bits per heavy atom. The molecule has 0 bridgehead atoms. The lowest BCUT2D eigenvalue weighted by atomic mass is 9.33. The SMILES string of the molecule is [2H]c1c([2H])c([2H])c(-c2ccc3c(c2)N(c2c(-c4c([2H])c([2H])c(C(C)(C)C)c([2H])c4[2H])c([2H])c(C(C)(C)C)c([2H])c2-c2c([2H])c([2H])c(C(C)(C)C)c([2H])c2[2H])c2cc(-n4c5c([2H])c([2H])c([2H])c([2H])c5c5c([2H])c([2H])c([2H])c([2H])c54)cc4c2B3c2ccc(-n3c5ccc(C(C)(C)C)cc5c5cc(C(C)(C)C)ccc53)cc2N4c2c(-c3c([2H])c([2H])c(C(C)(C)C)c([2H])c3[2H])c([2H])c(C(C)(C)C)c([2H])c2-c2c([2H])c([2H])c(C(C)(C)C)c([2H])c2C(C)(C)C)c([2H])c1[2H]. The van der Waals surface area contributed by atoms with Gasteiger partial charge in [0.25, 0.3) is 6.71 Å². The fourth-order valence-corrected chi connectivity index (χ4v) is 17.1. The van der Waals surface area contributed by atoms with Crippen molar-refractivity contribution < 1.29 is 43.9 Å². The van der Waals surface area contributed by atoms with Crippen LogP contribution in [0.15, 0.2) is 278 Å². The first-order chi connectivity index (χ1) is 72.1. The van der Waals surface area contributed by atoms with Gasteiger partial charge < -0.3 is 18.9 Å². The summed E-state index contributed by atoms with van der Waals surface area (Å²) in [7, 11) is 0. The lowest BCUT2D eigenvalue weighted by Gasteiger charge is -2.46. The predicted octanol–water partition coefficient (Wildman–Crippen LogP) is 32.0. The van der Waals surface area contributed by atoms with Crippen LogP contribution in [0.25, 0.3) is 111 Å². The number of nitrogens with zero attached hydrogens (tertiary/aromatic N) is 4. The molecule has 5 heteroatoms. The van der Waals surface area contributed by atoms with Crippen molar-refractivity contribution in [3.63, 3.8) is 0 Å². The van der Waals surface area contributed by atoms with E-state index in [9.17, 15) is 42.5 Å². The molecule has 16 aromatic rings. The molecule has 18 rings (SSSR count). The van der Waals surface area contributed by atoms with Gasteiger partial charge in [0, 0.05) is 72.2 Å². The van der Waals surface area contributed by atoms with Crippen molar-refractivity contribution in [1.82, 2.24) is 9.13 Å². The summed E-state index contributed by atoms with van der Waals surface area (Å²) < 4.78 is 340. The van der Waals surface area contributed by atoms with Crippen molar-refractivity contribution in [3.05, 3.63) is 328 Å². The summed E-state index contributed by atoms with van der Waals surface area (Å²) in [5, 5.41) is 0.665. The lowest BCUT2D eigenvalue weighted by molar-refractivity contribution is 0.569. The second-order valence-electron chi connectivity index (χ2n) is 43.0. The fourth-order valence-electron chi connectivity index (χ4n) is 17.1. The topological polar surface area (TPSA) is 16.3 Å². The molecular formula is C120H127BN4. The van der Waals surface area contributed by atoms with E-state index < -0.39 is 321 Å². The van der Waals surface area contributed by atoms with E-state index in [0.717, 1.165) is 21.9 Å². The highest BCUT2D eigenvalue weighted by molar-refractivity contribution is 7.00. The number of para-hydroxylation sites is 2. The molecule has 0 fully saturated rings. The Morgan fingerprint density at radius 1 is 0.232 bits per heavy atom. The molecule has 14 aromatic carbocycles. The summed E-state index contributed by atoms with van der Waals surface area (Å²) >= 11 is 0. The number of benzene rings is 14. The summed E-state index contributed by atoms with van der Waals surface area (Å²) in [5.74, 6) is 0. The molecule has 0 saturated carbocycles. The first-order valence-corrected chi connectivity index (χ1v) is 43.2. The van der Waals surface area contributed by atoms with E-state index in [1.54, 1.807) is 156 Å². The predicted molar refractivity (Wildman–Crippen MR) is 545 cm³/mol. The molecule has 0 atom stereocenters. The van der Waals surface area contributed by atoms with E-state index in [-0.39, 0.29) is 101 Å². The van der Waals surface area contributed by atoms with Crippen LogP contribution in [0.5, 0.6) is 0 Å². The largest absolute Gasteiger partial charge is 0.310 e. The van der Waals surface area contributed by atoms with Gasteiger partial charge in [0.15, 0.2) is 0 Å². The molecule has 125 heavy (non-hydrogen) atoms. The minimum absolute atomic E-state index is 0.00700. The van der Waals surface area contributed by atoms with Gasteiger partial charge in [-0.25, -0.2) is 0 Å². The third kappa shape index (κ3) is 14.9. The number of fused-ring (bicyclic) bond motifs is 10. The molecule has 4 nitrogen and oxygen atoms in total. The Balaban J connectivity index is 1.25. The van der Waals surface area contributed by atoms with Crippen LogP contribution >= 0.6 is 0 Å². The smallest absolute Gasteiger partial charge is 0.252 e. The number of hydrogen-bond acceptors (Lipinski definition) is 2.